The average Bonchev–Trinajstić information content (AvgIpc) is 3.57. The monoisotopic (exact) mass is 510 g/mol. The molecule has 2 atom stereocenters. The summed E-state index contributed by atoms with van der Waals surface area (Å²) in [6.45, 7) is -0.146. The number of benzene rings is 2. The first-order chi connectivity index (χ1) is 16.2. The molecule has 1 amide bonds. The maximum Gasteiger partial charge on any atom is 0.418 e. The third kappa shape index (κ3) is 5.35. The SMILES string of the molecule is O=C([C@H]1C[C@H]1c1ccc(C(F)(F)F)cc1)N1CCN(c2cc(C(F)(F)F)ccc2C(F)(F)F)CC1. The number of amides is 1. The fraction of sp³-hybridized carbons (Fsp3) is 0.435. The lowest BCUT2D eigenvalue weighted by Gasteiger charge is -2.37. The van der Waals surface area contributed by atoms with Gasteiger partial charge in [-0.1, -0.05) is 12.1 Å². The van der Waals surface area contributed by atoms with Gasteiger partial charge in [0.25, 0.3) is 0 Å². The van der Waals surface area contributed by atoms with Crippen molar-refractivity contribution in [3.63, 3.8) is 0 Å². The number of carbonyl (C=O) groups excluding carboxylic acids is 1. The van der Waals surface area contributed by atoms with Crippen LogP contribution in [0.1, 0.15) is 34.6 Å². The molecule has 0 aromatic heterocycles. The molecular formula is C23H19F9N2O. The summed E-state index contributed by atoms with van der Waals surface area (Å²) in [5.74, 6) is -0.963. The smallest absolute Gasteiger partial charge is 0.367 e. The number of piperazine rings is 1. The first-order valence-electron chi connectivity index (χ1n) is 10.7. The van der Waals surface area contributed by atoms with Gasteiger partial charge in [-0.15, -0.1) is 0 Å². The summed E-state index contributed by atoms with van der Waals surface area (Å²) in [6.07, 6.45) is -13.7. The number of alkyl halides is 9. The summed E-state index contributed by atoms with van der Waals surface area (Å²) >= 11 is 0. The topological polar surface area (TPSA) is 23.6 Å². The van der Waals surface area contributed by atoms with Crippen LogP contribution in [0.2, 0.25) is 0 Å². The molecule has 2 aliphatic rings. The van der Waals surface area contributed by atoms with E-state index in [1.54, 1.807) is 0 Å². The first-order valence-corrected chi connectivity index (χ1v) is 10.7. The lowest BCUT2D eigenvalue weighted by atomic mass is 10.1. The van der Waals surface area contributed by atoms with Gasteiger partial charge in [0.05, 0.1) is 16.7 Å². The third-order valence-electron chi connectivity index (χ3n) is 6.34. The molecule has 0 bridgehead atoms. The minimum absolute atomic E-state index is 0.0165. The molecule has 190 valence electrons. The molecule has 2 fully saturated rings. The summed E-state index contributed by atoms with van der Waals surface area (Å²) < 4.78 is 118. The molecule has 0 radical (unpaired) electrons. The van der Waals surface area contributed by atoms with Gasteiger partial charge in [-0.2, -0.15) is 39.5 Å². The number of hydrogen-bond donors (Lipinski definition) is 0. The number of halogens is 9. The van der Waals surface area contributed by atoms with Crippen LogP contribution < -0.4 is 4.90 Å². The molecule has 0 N–H and O–H groups in total. The van der Waals surface area contributed by atoms with Crippen LogP contribution in [0.4, 0.5) is 45.2 Å². The van der Waals surface area contributed by atoms with E-state index >= 15 is 0 Å². The maximum atomic E-state index is 13.4. The summed E-state index contributed by atoms with van der Waals surface area (Å²) in [5.41, 5.74) is -3.18. The van der Waals surface area contributed by atoms with Crippen LogP contribution in [0.3, 0.4) is 0 Å². The van der Waals surface area contributed by atoms with E-state index in [1.165, 1.54) is 21.9 Å². The molecule has 12 heteroatoms. The lowest BCUT2D eigenvalue weighted by molar-refractivity contribution is -0.141. The molecule has 0 spiro atoms. The van der Waals surface area contributed by atoms with Gasteiger partial charge in [0.1, 0.15) is 0 Å². The Kier molecular flexibility index (Phi) is 6.21. The Balaban J connectivity index is 1.42. The highest BCUT2D eigenvalue weighted by atomic mass is 19.4. The Bertz CT molecular complexity index is 1080. The number of hydrogen-bond acceptors (Lipinski definition) is 2. The summed E-state index contributed by atoms with van der Waals surface area (Å²) in [5, 5.41) is 0. The molecule has 35 heavy (non-hydrogen) atoms. The second-order valence-electron chi connectivity index (χ2n) is 8.61. The van der Waals surface area contributed by atoms with Crippen molar-refractivity contribution in [2.45, 2.75) is 30.9 Å². The normalized spacial score (nSPS) is 21.3. The van der Waals surface area contributed by atoms with Gasteiger partial charge in [-0.05, 0) is 48.2 Å². The van der Waals surface area contributed by atoms with Crippen molar-refractivity contribution >= 4 is 11.6 Å². The number of anilines is 1. The van der Waals surface area contributed by atoms with Crippen LogP contribution in [0.25, 0.3) is 0 Å². The summed E-state index contributed by atoms with van der Waals surface area (Å²) in [6, 6.07) is 5.81. The number of carbonyl (C=O) groups is 1. The standard InChI is InChI=1S/C23H19F9N2O/c24-21(25,26)14-3-1-13(2-4-14)16-12-17(16)20(35)34-9-7-33(8-10-34)19-11-15(22(27,28)29)5-6-18(19)23(30,31)32/h1-6,11,16-17H,7-10,12H2/t16-,17-/m0/s1. The maximum absolute atomic E-state index is 13.4. The molecule has 4 rings (SSSR count). The Labute approximate surface area is 194 Å². The molecule has 1 heterocycles. The second kappa shape index (κ2) is 8.63. The largest absolute Gasteiger partial charge is 0.418 e. The van der Waals surface area contributed by atoms with Crippen LogP contribution in [-0.2, 0) is 23.3 Å². The number of rotatable bonds is 3. The van der Waals surface area contributed by atoms with Crippen molar-refractivity contribution in [2.75, 3.05) is 31.1 Å². The Morgan fingerprint density at radius 3 is 1.77 bits per heavy atom. The van der Waals surface area contributed by atoms with E-state index in [4.69, 9.17) is 0 Å². The minimum Gasteiger partial charge on any atom is -0.367 e. The average molecular weight is 510 g/mol. The molecule has 2 aromatic carbocycles. The zero-order chi connectivity index (χ0) is 25.8. The second-order valence-corrected chi connectivity index (χ2v) is 8.61. The summed E-state index contributed by atoms with van der Waals surface area (Å²) in [4.78, 5) is 15.4. The van der Waals surface area contributed by atoms with Gasteiger partial charge in [-0.3, -0.25) is 4.79 Å². The van der Waals surface area contributed by atoms with Crippen LogP contribution >= 0.6 is 0 Å². The van der Waals surface area contributed by atoms with Crippen LogP contribution in [0, 0.1) is 5.92 Å². The third-order valence-corrected chi connectivity index (χ3v) is 6.34. The highest BCUT2D eigenvalue weighted by Gasteiger charge is 2.47. The zero-order valence-corrected chi connectivity index (χ0v) is 17.9. The minimum atomic E-state index is -4.85. The van der Waals surface area contributed by atoms with Gasteiger partial charge in [0.15, 0.2) is 0 Å². The zero-order valence-electron chi connectivity index (χ0n) is 17.9. The van der Waals surface area contributed by atoms with E-state index in [1.807, 2.05) is 0 Å². The highest BCUT2D eigenvalue weighted by molar-refractivity contribution is 5.83. The molecule has 1 saturated heterocycles. The summed E-state index contributed by atoms with van der Waals surface area (Å²) in [7, 11) is 0. The highest BCUT2D eigenvalue weighted by Crippen LogP contribution is 2.49. The van der Waals surface area contributed by atoms with Gasteiger partial charge in [0, 0.05) is 37.8 Å². The molecule has 3 nitrogen and oxygen atoms in total. The quantitative estimate of drug-likeness (QED) is 0.460. The predicted octanol–water partition coefficient (Wildman–Crippen LogP) is 6.20. The Hall–Kier alpha value is -2.92. The van der Waals surface area contributed by atoms with Crippen molar-refractivity contribution in [2.24, 2.45) is 5.92 Å². The van der Waals surface area contributed by atoms with Gasteiger partial charge >= 0.3 is 18.5 Å². The van der Waals surface area contributed by atoms with E-state index in [2.05, 4.69) is 0 Å². The van der Waals surface area contributed by atoms with E-state index in [9.17, 15) is 44.3 Å². The van der Waals surface area contributed by atoms with Crippen LogP contribution in [0.15, 0.2) is 42.5 Å². The molecule has 0 unspecified atom stereocenters. The predicted molar refractivity (Wildman–Crippen MR) is 108 cm³/mol. The Morgan fingerprint density at radius 2 is 1.26 bits per heavy atom. The van der Waals surface area contributed by atoms with Gasteiger partial charge in [0.2, 0.25) is 5.91 Å². The van der Waals surface area contributed by atoms with Crippen molar-refractivity contribution in [1.82, 2.24) is 4.90 Å². The van der Waals surface area contributed by atoms with Crippen molar-refractivity contribution in [3.8, 4) is 0 Å². The van der Waals surface area contributed by atoms with Crippen molar-refractivity contribution in [3.05, 3.63) is 64.7 Å². The Morgan fingerprint density at radius 1 is 0.714 bits per heavy atom. The lowest BCUT2D eigenvalue weighted by Crippen LogP contribution is -2.49. The van der Waals surface area contributed by atoms with E-state index in [-0.39, 0.29) is 38.0 Å². The molecule has 1 aliphatic carbocycles. The number of nitrogens with zero attached hydrogens (tertiary/aromatic N) is 2. The fourth-order valence-electron chi connectivity index (χ4n) is 4.37. The van der Waals surface area contributed by atoms with E-state index in [0.717, 1.165) is 12.1 Å². The molecule has 1 saturated carbocycles. The van der Waals surface area contributed by atoms with E-state index in [0.29, 0.717) is 30.2 Å². The fourth-order valence-corrected chi connectivity index (χ4v) is 4.37. The molecular weight excluding hydrogens is 491 g/mol. The van der Waals surface area contributed by atoms with Crippen LogP contribution in [0.5, 0.6) is 0 Å². The molecule has 2 aromatic rings. The van der Waals surface area contributed by atoms with Crippen molar-refractivity contribution in [1.29, 1.82) is 0 Å². The van der Waals surface area contributed by atoms with Gasteiger partial charge in [-0.25, -0.2) is 0 Å². The first kappa shape index (κ1) is 25.2. The van der Waals surface area contributed by atoms with E-state index < -0.39 is 46.8 Å². The van der Waals surface area contributed by atoms with Gasteiger partial charge < -0.3 is 9.80 Å². The van der Waals surface area contributed by atoms with Crippen LogP contribution in [-0.4, -0.2) is 37.0 Å². The molecule has 1 aliphatic heterocycles. The van der Waals surface area contributed by atoms with Crippen molar-refractivity contribution < 1.29 is 44.3 Å².